The van der Waals surface area contributed by atoms with E-state index in [1.54, 1.807) is 6.20 Å². The lowest BCUT2D eigenvalue weighted by atomic mass is 10.1. The number of hydrogen-bond donors (Lipinski definition) is 1. The fourth-order valence-corrected chi connectivity index (χ4v) is 2.99. The molecule has 2 rings (SSSR count). The van der Waals surface area contributed by atoms with Crippen LogP contribution in [0.15, 0.2) is 12.3 Å². The van der Waals surface area contributed by atoms with Gasteiger partial charge >= 0.3 is 0 Å². The maximum absolute atomic E-state index is 11.2. The monoisotopic (exact) mass is 270 g/mol. The van der Waals surface area contributed by atoms with E-state index in [0.29, 0.717) is 0 Å². The van der Waals surface area contributed by atoms with Gasteiger partial charge in [0, 0.05) is 25.3 Å². The molecule has 1 N–H and O–H groups in total. The minimum atomic E-state index is -3.11. The zero-order valence-corrected chi connectivity index (χ0v) is 11.4. The van der Waals surface area contributed by atoms with Gasteiger partial charge in [0.15, 0.2) is 0 Å². The maximum atomic E-state index is 11.2. The van der Waals surface area contributed by atoms with Gasteiger partial charge in [0.1, 0.15) is 11.6 Å². The summed E-state index contributed by atoms with van der Waals surface area (Å²) < 4.78 is 25.0. The van der Waals surface area contributed by atoms with E-state index in [1.165, 1.54) is 6.26 Å². The summed E-state index contributed by atoms with van der Waals surface area (Å²) in [7, 11) is -3.11. The molecule has 0 unspecified atom stereocenters. The van der Waals surface area contributed by atoms with Gasteiger partial charge in [0.05, 0.1) is 6.26 Å². The first kappa shape index (κ1) is 13.2. The molecular weight excluding hydrogens is 252 g/mol. The van der Waals surface area contributed by atoms with Crippen LogP contribution >= 0.6 is 0 Å². The molecule has 1 aliphatic rings. The third kappa shape index (κ3) is 3.64. The van der Waals surface area contributed by atoms with Crippen LogP contribution in [0.4, 0.5) is 5.82 Å². The van der Waals surface area contributed by atoms with Crippen molar-refractivity contribution >= 4 is 15.8 Å². The molecule has 1 aliphatic heterocycles. The van der Waals surface area contributed by atoms with Gasteiger partial charge in [0.2, 0.25) is 10.0 Å². The lowest BCUT2D eigenvalue weighted by Gasteiger charge is -2.32. The second-order valence-electron chi connectivity index (χ2n) is 4.61. The average Bonchev–Trinajstić information content (AvgIpc) is 2.28. The van der Waals surface area contributed by atoms with Gasteiger partial charge in [-0.15, -0.1) is 0 Å². The Balaban J connectivity index is 1.94. The van der Waals surface area contributed by atoms with E-state index < -0.39 is 10.0 Å². The number of piperidine rings is 1. The summed E-state index contributed by atoms with van der Waals surface area (Å²) in [4.78, 5) is 10.6. The quantitative estimate of drug-likeness (QED) is 0.855. The summed E-state index contributed by atoms with van der Waals surface area (Å²) in [6, 6.07) is 1.93. The van der Waals surface area contributed by atoms with E-state index in [1.807, 2.05) is 13.0 Å². The Morgan fingerprint density at radius 2 is 2.06 bits per heavy atom. The SMILES string of the molecule is Cc1nccc(N2CCC(NS(C)(=O)=O)CC2)n1. The maximum Gasteiger partial charge on any atom is 0.208 e. The summed E-state index contributed by atoms with van der Waals surface area (Å²) in [6.07, 6.45) is 4.55. The highest BCUT2D eigenvalue weighted by molar-refractivity contribution is 7.88. The van der Waals surface area contributed by atoms with Crippen molar-refractivity contribution in [3.8, 4) is 0 Å². The number of hydrogen-bond acceptors (Lipinski definition) is 5. The number of aromatic nitrogens is 2. The largest absolute Gasteiger partial charge is 0.356 e. The fourth-order valence-electron chi connectivity index (χ4n) is 2.15. The molecular formula is C11H18N4O2S. The van der Waals surface area contributed by atoms with E-state index >= 15 is 0 Å². The van der Waals surface area contributed by atoms with Crippen molar-refractivity contribution in [2.75, 3.05) is 24.2 Å². The summed E-state index contributed by atoms with van der Waals surface area (Å²) >= 11 is 0. The molecule has 100 valence electrons. The summed E-state index contributed by atoms with van der Waals surface area (Å²) in [5.74, 6) is 1.67. The molecule has 1 aromatic rings. The summed E-state index contributed by atoms with van der Waals surface area (Å²) in [6.45, 7) is 3.48. The van der Waals surface area contributed by atoms with Crippen LogP contribution in [-0.4, -0.2) is 43.8 Å². The zero-order valence-electron chi connectivity index (χ0n) is 10.6. The number of nitrogens with zero attached hydrogens (tertiary/aromatic N) is 3. The van der Waals surface area contributed by atoms with Crippen LogP contribution in [0.5, 0.6) is 0 Å². The lowest BCUT2D eigenvalue weighted by molar-refractivity contribution is 0.459. The van der Waals surface area contributed by atoms with Crippen LogP contribution < -0.4 is 9.62 Å². The molecule has 1 saturated heterocycles. The molecule has 1 fully saturated rings. The molecule has 0 atom stereocenters. The smallest absolute Gasteiger partial charge is 0.208 e. The van der Waals surface area contributed by atoms with Gasteiger partial charge in [-0.05, 0) is 25.8 Å². The molecule has 7 heteroatoms. The molecule has 6 nitrogen and oxygen atoms in total. The Hall–Kier alpha value is -1.21. The highest BCUT2D eigenvalue weighted by Gasteiger charge is 2.22. The van der Waals surface area contributed by atoms with Crippen LogP contribution in [0.1, 0.15) is 18.7 Å². The second-order valence-corrected chi connectivity index (χ2v) is 6.39. The Morgan fingerprint density at radius 1 is 1.39 bits per heavy atom. The predicted octanol–water partition coefficient (Wildman–Crippen LogP) is 0.303. The van der Waals surface area contributed by atoms with Gasteiger partial charge in [-0.1, -0.05) is 0 Å². The number of rotatable bonds is 3. The highest BCUT2D eigenvalue weighted by Crippen LogP contribution is 2.17. The van der Waals surface area contributed by atoms with Gasteiger partial charge in [-0.25, -0.2) is 23.1 Å². The first-order chi connectivity index (χ1) is 8.44. The Morgan fingerprint density at radius 3 is 2.61 bits per heavy atom. The standard InChI is InChI=1S/C11H18N4O2S/c1-9-12-6-3-11(13-9)15-7-4-10(5-8-15)14-18(2,16)17/h3,6,10,14H,4-5,7-8H2,1-2H3. The Bertz CT molecular complexity index is 510. The molecule has 0 saturated carbocycles. The van der Waals surface area contributed by atoms with Crippen LogP contribution in [0, 0.1) is 6.92 Å². The second kappa shape index (κ2) is 5.19. The molecule has 2 heterocycles. The molecule has 18 heavy (non-hydrogen) atoms. The molecule has 1 aromatic heterocycles. The van der Waals surface area contributed by atoms with Gasteiger partial charge < -0.3 is 4.90 Å². The van der Waals surface area contributed by atoms with Crippen LogP contribution in [0.25, 0.3) is 0 Å². The van der Waals surface area contributed by atoms with Crippen molar-refractivity contribution < 1.29 is 8.42 Å². The number of anilines is 1. The normalized spacial score (nSPS) is 18.0. The van der Waals surface area contributed by atoms with Gasteiger partial charge in [0.25, 0.3) is 0 Å². The molecule has 0 aromatic carbocycles. The van der Waals surface area contributed by atoms with Crippen molar-refractivity contribution in [2.24, 2.45) is 0 Å². The molecule has 0 spiro atoms. The van der Waals surface area contributed by atoms with E-state index in [-0.39, 0.29) is 6.04 Å². The lowest BCUT2D eigenvalue weighted by Crippen LogP contribution is -2.44. The molecule has 0 bridgehead atoms. The molecule has 0 amide bonds. The van der Waals surface area contributed by atoms with E-state index in [9.17, 15) is 8.42 Å². The van der Waals surface area contributed by atoms with Crippen LogP contribution in [-0.2, 0) is 10.0 Å². The number of sulfonamides is 1. The summed E-state index contributed by atoms with van der Waals surface area (Å²) in [5, 5.41) is 0. The van der Waals surface area contributed by atoms with Crippen molar-refractivity contribution in [1.82, 2.24) is 14.7 Å². The first-order valence-corrected chi connectivity index (χ1v) is 7.85. The van der Waals surface area contributed by atoms with Crippen molar-refractivity contribution in [2.45, 2.75) is 25.8 Å². The Kier molecular flexibility index (Phi) is 3.82. The molecule has 0 radical (unpaired) electrons. The van der Waals surface area contributed by atoms with Gasteiger partial charge in [-0.3, -0.25) is 0 Å². The van der Waals surface area contributed by atoms with E-state index in [2.05, 4.69) is 19.6 Å². The fraction of sp³-hybridized carbons (Fsp3) is 0.636. The van der Waals surface area contributed by atoms with Crippen molar-refractivity contribution in [3.63, 3.8) is 0 Å². The average molecular weight is 270 g/mol. The Labute approximate surface area is 107 Å². The van der Waals surface area contributed by atoms with E-state index in [4.69, 9.17) is 0 Å². The number of aryl methyl sites for hydroxylation is 1. The van der Waals surface area contributed by atoms with Gasteiger partial charge in [-0.2, -0.15) is 0 Å². The summed E-state index contributed by atoms with van der Waals surface area (Å²) in [5.41, 5.74) is 0. The third-order valence-corrected chi connectivity index (χ3v) is 3.72. The molecule has 0 aliphatic carbocycles. The van der Waals surface area contributed by atoms with E-state index in [0.717, 1.165) is 37.6 Å². The topological polar surface area (TPSA) is 75.2 Å². The van der Waals surface area contributed by atoms with Crippen molar-refractivity contribution in [1.29, 1.82) is 0 Å². The number of nitrogens with one attached hydrogen (secondary N) is 1. The predicted molar refractivity (Wildman–Crippen MR) is 70.0 cm³/mol. The minimum absolute atomic E-state index is 0.0409. The van der Waals surface area contributed by atoms with Crippen molar-refractivity contribution in [3.05, 3.63) is 18.1 Å². The zero-order chi connectivity index (χ0) is 13.2. The first-order valence-electron chi connectivity index (χ1n) is 5.96. The highest BCUT2D eigenvalue weighted by atomic mass is 32.2. The van der Waals surface area contributed by atoms with Crippen LogP contribution in [0.2, 0.25) is 0 Å². The van der Waals surface area contributed by atoms with Crippen LogP contribution in [0.3, 0.4) is 0 Å². The minimum Gasteiger partial charge on any atom is -0.356 e. The third-order valence-electron chi connectivity index (χ3n) is 2.96.